The summed E-state index contributed by atoms with van der Waals surface area (Å²) in [4.78, 5) is 33.7. The van der Waals surface area contributed by atoms with Gasteiger partial charge in [-0.25, -0.2) is 4.98 Å². The van der Waals surface area contributed by atoms with E-state index < -0.39 is 0 Å². The zero-order chi connectivity index (χ0) is 21.5. The fourth-order valence-corrected chi connectivity index (χ4v) is 3.76. The molecule has 10 heteroatoms. The highest BCUT2D eigenvalue weighted by Crippen LogP contribution is 2.31. The number of rotatable bonds is 10. The standard InChI is InChI=1S/C20H24N4O5S/c1-2-29-16-4-3-13(21-17(27)12-24(6-8-25)7-9-26)11-14(16)19-22-15-5-10-30-18(15)20(28)23-19/h3-5,10-11,25-26H,2,6-9,12H2,1H3,(H,21,27)(H,22,23,28). The van der Waals surface area contributed by atoms with E-state index >= 15 is 0 Å². The Hall–Kier alpha value is -2.79. The molecule has 30 heavy (non-hydrogen) atoms. The van der Waals surface area contributed by atoms with Crippen molar-refractivity contribution in [2.24, 2.45) is 0 Å². The van der Waals surface area contributed by atoms with Crippen LogP contribution in [0.5, 0.6) is 5.75 Å². The first-order valence-electron chi connectivity index (χ1n) is 9.54. The van der Waals surface area contributed by atoms with Gasteiger partial charge in [0.2, 0.25) is 5.91 Å². The third-order valence-corrected chi connectivity index (χ3v) is 5.24. The molecule has 0 unspecified atom stereocenters. The van der Waals surface area contributed by atoms with Crippen LogP contribution in [-0.4, -0.2) is 70.4 Å². The van der Waals surface area contributed by atoms with Gasteiger partial charge in [-0.3, -0.25) is 14.5 Å². The number of aromatic nitrogens is 2. The number of aliphatic hydroxyl groups is 2. The van der Waals surface area contributed by atoms with E-state index in [1.54, 1.807) is 34.5 Å². The highest BCUT2D eigenvalue weighted by molar-refractivity contribution is 7.17. The number of aromatic amines is 1. The van der Waals surface area contributed by atoms with Gasteiger partial charge in [0.05, 0.1) is 37.4 Å². The van der Waals surface area contributed by atoms with Gasteiger partial charge < -0.3 is 25.3 Å². The van der Waals surface area contributed by atoms with Crippen molar-refractivity contribution in [3.63, 3.8) is 0 Å². The Balaban J connectivity index is 1.88. The molecule has 2 aromatic heterocycles. The lowest BCUT2D eigenvalue weighted by Gasteiger charge is -2.19. The van der Waals surface area contributed by atoms with Crippen LogP contribution in [0.25, 0.3) is 21.6 Å². The van der Waals surface area contributed by atoms with Crippen LogP contribution in [0.3, 0.4) is 0 Å². The Morgan fingerprint density at radius 2 is 2.03 bits per heavy atom. The van der Waals surface area contributed by atoms with Gasteiger partial charge in [0.25, 0.3) is 5.56 Å². The van der Waals surface area contributed by atoms with Crippen molar-refractivity contribution in [2.75, 3.05) is 44.8 Å². The minimum atomic E-state index is -0.290. The van der Waals surface area contributed by atoms with Gasteiger partial charge in [-0.1, -0.05) is 0 Å². The summed E-state index contributed by atoms with van der Waals surface area (Å²) in [6.07, 6.45) is 0. The van der Waals surface area contributed by atoms with Crippen LogP contribution in [0.1, 0.15) is 6.92 Å². The third-order valence-electron chi connectivity index (χ3n) is 4.33. The summed E-state index contributed by atoms with van der Waals surface area (Å²) in [5.41, 5.74) is 1.44. The monoisotopic (exact) mass is 432 g/mol. The summed E-state index contributed by atoms with van der Waals surface area (Å²) in [5, 5.41) is 22.8. The number of ether oxygens (including phenoxy) is 1. The van der Waals surface area contributed by atoms with Crippen molar-refractivity contribution in [2.45, 2.75) is 6.92 Å². The number of H-pyrrole nitrogens is 1. The fraction of sp³-hybridized carbons (Fsp3) is 0.350. The van der Waals surface area contributed by atoms with E-state index in [1.807, 2.05) is 6.92 Å². The maximum atomic E-state index is 12.4. The quantitative estimate of drug-likeness (QED) is 0.380. The van der Waals surface area contributed by atoms with Crippen molar-refractivity contribution in [1.29, 1.82) is 0 Å². The number of hydrogen-bond donors (Lipinski definition) is 4. The number of carbonyl (C=O) groups is 1. The second-order valence-electron chi connectivity index (χ2n) is 6.46. The van der Waals surface area contributed by atoms with Crippen LogP contribution < -0.4 is 15.6 Å². The second-order valence-corrected chi connectivity index (χ2v) is 7.38. The van der Waals surface area contributed by atoms with Gasteiger partial charge in [0.1, 0.15) is 16.3 Å². The number of aliphatic hydroxyl groups excluding tert-OH is 2. The predicted molar refractivity (Wildman–Crippen MR) is 116 cm³/mol. The van der Waals surface area contributed by atoms with Crippen molar-refractivity contribution < 1.29 is 19.7 Å². The minimum absolute atomic E-state index is 0.0274. The minimum Gasteiger partial charge on any atom is -0.493 e. The van der Waals surface area contributed by atoms with Crippen molar-refractivity contribution in [3.05, 3.63) is 40.0 Å². The Morgan fingerprint density at radius 3 is 2.73 bits per heavy atom. The zero-order valence-electron chi connectivity index (χ0n) is 16.6. The van der Waals surface area contributed by atoms with E-state index in [0.717, 1.165) is 0 Å². The zero-order valence-corrected chi connectivity index (χ0v) is 17.4. The highest BCUT2D eigenvalue weighted by Gasteiger charge is 2.15. The maximum Gasteiger partial charge on any atom is 0.269 e. The number of amides is 1. The van der Waals surface area contributed by atoms with Gasteiger partial charge in [-0.15, -0.1) is 11.3 Å². The predicted octanol–water partition coefficient (Wildman–Crippen LogP) is 1.28. The molecule has 0 aliphatic rings. The van der Waals surface area contributed by atoms with Crippen molar-refractivity contribution >= 4 is 33.1 Å². The number of nitrogens with one attached hydrogen (secondary N) is 2. The molecule has 0 atom stereocenters. The largest absolute Gasteiger partial charge is 0.493 e. The molecule has 1 amide bonds. The molecule has 160 valence electrons. The molecule has 0 bridgehead atoms. The molecule has 0 fully saturated rings. The summed E-state index contributed by atoms with van der Waals surface area (Å²) >= 11 is 1.32. The third kappa shape index (κ3) is 5.22. The molecule has 2 heterocycles. The summed E-state index contributed by atoms with van der Waals surface area (Å²) in [6, 6.07) is 6.89. The molecule has 0 aliphatic carbocycles. The average molecular weight is 433 g/mol. The second kappa shape index (κ2) is 10.3. The topological polar surface area (TPSA) is 128 Å². The normalized spacial score (nSPS) is 11.2. The van der Waals surface area contributed by atoms with E-state index in [2.05, 4.69) is 15.3 Å². The summed E-state index contributed by atoms with van der Waals surface area (Å²) < 4.78 is 6.23. The van der Waals surface area contributed by atoms with E-state index in [1.165, 1.54) is 11.3 Å². The van der Waals surface area contributed by atoms with E-state index in [4.69, 9.17) is 14.9 Å². The summed E-state index contributed by atoms with van der Waals surface area (Å²) in [7, 11) is 0. The van der Waals surface area contributed by atoms with E-state index in [9.17, 15) is 9.59 Å². The number of carbonyl (C=O) groups excluding carboxylic acids is 1. The van der Waals surface area contributed by atoms with Crippen LogP contribution in [0, 0.1) is 0 Å². The Bertz CT molecular complexity index is 1060. The Morgan fingerprint density at radius 1 is 1.27 bits per heavy atom. The number of nitrogens with zero attached hydrogens (tertiary/aromatic N) is 2. The summed E-state index contributed by atoms with van der Waals surface area (Å²) in [6.45, 7) is 2.67. The number of thiophene rings is 1. The molecule has 3 rings (SSSR count). The van der Waals surface area contributed by atoms with Gasteiger partial charge >= 0.3 is 0 Å². The number of anilines is 1. The Labute approximate surface area is 177 Å². The van der Waals surface area contributed by atoms with Crippen molar-refractivity contribution in [1.82, 2.24) is 14.9 Å². The van der Waals surface area contributed by atoms with Crippen LogP contribution in [0.4, 0.5) is 5.69 Å². The Kier molecular flexibility index (Phi) is 7.52. The van der Waals surface area contributed by atoms with Gasteiger partial charge in [-0.2, -0.15) is 0 Å². The highest BCUT2D eigenvalue weighted by atomic mass is 32.1. The number of hydrogen-bond acceptors (Lipinski definition) is 8. The molecule has 0 spiro atoms. The van der Waals surface area contributed by atoms with Crippen LogP contribution in [-0.2, 0) is 4.79 Å². The maximum absolute atomic E-state index is 12.4. The number of fused-ring (bicyclic) bond motifs is 1. The molecule has 4 N–H and O–H groups in total. The van der Waals surface area contributed by atoms with Gasteiger partial charge in [-0.05, 0) is 36.6 Å². The molecular weight excluding hydrogens is 408 g/mol. The van der Waals surface area contributed by atoms with E-state index in [0.29, 0.717) is 39.6 Å². The average Bonchev–Trinajstić information content (AvgIpc) is 3.19. The van der Waals surface area contributed by atoms with Crippen molar-refractivity contribution in [3.8, 4) is 17.1 Å². The molecular formula is C20H24N4O5S. The molecule has 0 aliphatic heterocycles. The smallest absolute Gasteiger partial charge is 0.269 e. The molecule has 1 aromatic carbocycles. The van der Waals surface area contributed by atoms with E-state index in [-0.39, 0.29) is 44.3 Å². The fourth-order valence-electron chi connectivity index (χ4n) is 3.03. The first-order chi connectivity index (χ1) is 14.5. The molecule has 0 saturated carbocycles. The van der Waals surface area contributed by atoms with Crippen LogP contribution in [0.2, 0.25) is 0 Å². The lowest BCUT2D eigenvalue weighted by molar-refractivity contribution is -0.117. The van der Waals surface area contributed by atoms with Crippen LogP contribution in [0.15, 0.2) is 34.4 Å². The molecule has 0 radical (unpaired) electrons. The first-order valence-corrected chi connectivity index (χ1v) is 10.4. The lowest BCUT2D eigenvalue weighted by atomic mass is 10.1. The summed E-state index contributed by atoms with van der Waals surface area (Å²) in [5.74, 6) is 0.602. The van der Waals surface area contributed by atoms with Crippen LogP contribution >= 0.6 is 11.3 Å². The number of benzene rings is 1. The SMILES string of the molecule is CCOc1ccc(NC(=O)CN(CCO)CCO)cc1-c1nc2ccsc2c(=O)[nH]1. The molecule has 3 aromatic rings. The molecule has 0 saturated heterocycles. The van der Waals surface area contributed by atoms with Gasteiger partial charge in [0.15, 0.2) is 0 Å². The van der Waals surface area contributed by atoms with Gasteiger partial charge in [0, 0.05) is 18.8 Å². The molecule has 9 nitrogen and oxygen atoms in total. The first kappa shape index (κ1) is 21.9. The lowest BCUT2D eigenvalue weighted by Crippen LogP contribution is -2.37.